The summed E-state index contributed by atoms with van der Waals surface area (Å²) >= 11 is 12.2. The van der Waals surface area contributed by atoms with Crippen LogP contribution in [-0.2, 0) is 19.4 Å². The van der Waals surface area contributed by atoms with E-state index < -0.39 is 0 Å². The van der Waals surface area contributed by atoms with Crippen LogP contribution in [0.3, 0.4) is 0 Å². The van der Waals surface area contributed by atoms with Crippen LogP contribution in [0.2, 0.25) is 10.0 Å². The van der Waals surface area contributed by atoms with Crippen molar-refractivity contribution in [3.8, 4) is 0 Å². The van der Waals surface area contributed by atoms with Crippen LogP contribution in [0.25, 0.3) is 0 Å². The molecule has 6 heteroatoms. The van der Waals surface area contributed by atoms with E-state index in [1.807, 2.05) is 35.2 Å². The van der Waals surface area contributed by atoms with Crippen LogP contribution in [0.4, 0.5) is 11.4 Å². The third-order valence-corrected chi connectivity index (χ3v) is 7.04. The number of nitrogens with one attached hydrogen (secondary N) is 1. The lowest BCUT2D eigenvalue weighted by Gasteiger charge is -2.29. The molecule has 0 radical (unpaired) electrons. The summed E-state index contributed by atoms with van der Waals surface area (Å²) < 4.78 is 0. The first-order valence-electron chi connectivity index (χ1n) is 11.3. The number of rotatable bonds is 3. The average molecular weight is 501 g/mol. The molecule has 5 rings (SSSR count). The lowest BCUT2D eigenvalue weighted by molar-refractivity contribution is 0.0983. The number of hydrogen-bond acceptors (Lipinski definition) is 2. The molecule has 0 aliphatic carbocycles. The molecule has 4 aromatic rings. The van der Waals surface area contributed by atoms with Gasteiger partial charge in [-0.1, -0.05) is 71.7 Å². The Kier molecular flexibility index (Phi) is 6.58. The van der Waals surface area contributed by atoms with Crippen LogP contribution >= 0.6 is 23.2 Å². The van der Waals surface area contributed by atoms with Crippen molar-refractivity contribution in [2.24, 2.45) is 0 Å². The number of carbonyl (C=O) groups is 2. The zero-order valence-electron chi connectivity index (χ0n) is 18.8. The first-order chi connectivity index (χ1) is 17.0. The summed E-state index contributed by atoms with van der Waals surface area (Å²) in [6, 6.07) is 28.1. The molecule has 0 spiro atoms. The number of aryl methyl sites for hydroxylation is 2. The Labute approximate surface area is 214 Å². The number of para-hydroxylation sites is 1. The third-order valence-electron chi connectivity index (χ3n) is 6.22. The Morgan fingerprint density at radius 1 is 0.714 bits per heavy atom. The number of anilines is 2. The quantitative estimate of drug-likeness (QED) is 0.323. The van der Waals surface area contributed by atoms with Crippen molar-refractivity contribution < 1.29 is 9.59 Å². The zero-order valence-corrected chi connectivity index (χ0v) is 20.3. The molecule has 0 bridgehead atoms. The molecule has 0 fully saturated rings. The molecular weight excluding hydrogens is 479 g/mol. The van der Waals surface area contributed by atoms with E-state index in [2.05, 4.69) is 23.5 Å². The first kappa shape index (κ1) is 23.2. The van der Waals surface area contributed by atoms with Gasteiger partial charge in [-0.15, -0.1) is 0 Å². The molecule has 4 nitrogen and oxygen atoms in total. The van der Waals surface area contributed by atoms with Crippen molar-refractivity contribution in [2.75, 3.05) is 10.2 Å². The van der Waals surface area contributed by atoms with Gasteiger partial charge >= 0.3 is 0 Å². The van der Waals surface area contributed by atoms with E-state index in [4.69, 9.17) is 23.2 Å². The van der Waals surface area contributed by atoms with Crippen LogP contribution in [0.5, 0.6) is 0 Å². The molecule has 1 aliphatic rings. The molecule has 1 N–H and O–H groups in total. The van der Waals surface area contributed by atoms with Gasteiger partial charge in [-0.2, -0.15) is 0 Å². The van der Waals surface area contributed by atoms with Gasteiger partial charge in [0.2, 0.25) is 0 Å². The summed E-state index contributed by atoms with van der Waals surface area (Å²) in [5, 5.41) is 3.33. The number of carbonyl (C=O) groups excluding carboxylic acids is 2. The zero-order chi connectivity index (χ0) is 24.4. The highest BCUT2D eigenvalue weighted by Crippen LogP contribution is 2.30. The van der Waals surface area contributed by atoms with E-state index in [0.717, 1.165) is 29.7 Å². The van der Waals surface area contributed by atoms with Gasteiger partial charge in [0, 0.05) is 16.9 Å². The molecule has 0 atom stereocenters. The molecule has 4 aromatic carbocycles. The number of halogens is 2. The topological polar surface area (TPSA) is 49.4 Å². The molecule has 0 saturated heterocycles. The molecule has 0 aromatic heterocycles. The van der Waals surface area contributed by atoms with E-state index in [-0.39, 0.29) is 22.4 Å². The summed E-state index contributed by atoms with van der Waals surface area (Å²) in [4.78, 5) is 28.2. The minimum absolute atomic E-state index is 0.0927. The Balaban J connectivity index is 1.40. The van der Waals surface area contributed by atoms with Crippen LogP contribution in [-0.4, -0.2) is 11.8 Å². The van der Waals surface area contributed by atoms with Crippen molar-refractivity contribution in [2.45, 2.75) is 19.4 Å². The van der Waals surface area contributed by atoms with Gasteiger partial charge in [0.15, 0.2) is 0 Å². The van der Waals surface area contributed by atoms with Crippen LogP contribution < -0.4 is 10.2 Å². The van der Waals surface area contributed by atoms with Gasteiger partial charge in [0.05, 0.1) is 22.2 Å². The van der Waals surface area contributed by atoms with Gasteiger partial charge < -0.3 is 10.2 Å². The predicted molar refractivity (Wildman–Crippen MR) is 142 cm³/mol. The molecular formula is C29H22Cl2N2O2. The lowest BCUT2D eigenvalue weighted by atomic mass is 9.95. The minimum Gasteiger partial charge on any atom is -0.322 e. The van der Waals surface area contributed by atoms with Crippen LogP contribution in [0, 0.1) is 0 Å². The summed E-state index contributed by atoms with van der Waals surface area (Å²) in [5.41, 5.74) is 5.88. The summed E-state index contributed by atoms with van der Waals surface area (Å²) in [6.45, 7) is 0.498. The third kappa shape index (κ3) is 4.81. The maximum absolute atomic E-state index is 13.7. The van der Waals surface area contributed by atoms with Crippen LogP contribution in [0.1, 0.15) is 37.4 Å². The number of fused-ring (bicyclic) bond motifs is 2. The molecule has 0 saturated carbocycles. The maximum atomic E-state index is 13.7. The maximum Gasteiger partial charge on any atom is 0.258 e. The predicted octanol–water partition coefficient (Wildman–Crippen LogP) is 7.19. The summed E-state index contributed by atoms with van der Waals surface area (Å²) in [7, 11) is 0. The molecule has 1 heterocycles. The number of nitrogens with zero attached hydrogens (tertiary/aromatic N) is 1. The average Bonchev–Trinajstić information content (AvgIpc) is 2.87. The normalized spacial score (nSPS) is 12.7. The van der Waals surface area contributed by atoms with Crippen molar-refractivity contribution in [3.63, 3.8) is 0 Å². The van der Waals surface area contributed by atoms with Gasteiger partial charge in [0.1, 0.15) is 0 Å². The minimum atomic E-state index is -0.370. The Bertz CT molecular complexity index is 1420. The van der Waals surface area contributed by atoms with E-state index in [0.29, 0.717) is 22.8 Å². The van der Waals surface area contributed by atoms with Gasteiger partial charge in [-0.3, -0.25) is 9.59 Å². The fourth-order valence-corrected chi connectivity index (χ4v) is 4.76. The van der Waals surface area contributed by atoms with Crippen LogP contribution in [0.15, 0.2) is 91.0 Å². The SMILES string of the molecule is O=C(Nc1ccc(C(=O)N2Cc3ccccc3CCc3ccccc32)cc1)c1cccc(Cl)c1Cl. The summed E-state index contributed by atoms with van der Waals surface area (Å²) in [5.74, 6) is -0.462. The number of hydrogen-bond donors (Lipinski definition) is 1. The number of benzene rings is 4. The summed E-state index contributed by atoms with van der Waals surface area (Å²) in [6.07, 6.45) is 1.81. The lowest BCUT2D eigenvalue weighted by Crippen LogP contribution is -2.32. The Morgan fingerprint density at radius 2 is 1.37 bits per heavy atom. The van der Waals surface area contributed by atoms with Gasteiger partial charge in [-0.25, -0.2) is 0 Å². The van der Waals surface area contributed by atoms with Crippen molar-refractivity contribution in [1.82, 2.24) is 0 Å². The molecule has 35 heavy (non-hydrogen) atoms. The highest BCUT2D eigenvalue weighted by molar-refractivity contribution is 6.44. The van der Waals surface area contributed by atoms with Crippen molar-refractivity contribution in [1.29, 1.82) is 0 Å². The van der Waals surface area contributed by atoms with Crippen molar-refractivity contribution >= 4 is 46.4 Å². The fraction of sp³-hybridized carbons (Fsp3) is 0.103. The fourth-order valence-electron chi connectivity index (χ4n) is 4.38. The second-order valence-corrected chi connectivity index (χ2v) is 9.21. The van der Waals surface area contributed by atoms with Gasteiger partial charge in [-0.05, 0) is 72.0 Å². The monoisotopic (exact) mass is 500 g/mol. The van der Waals surface area contributed by atoms with Crippen molar-refractivity contribution in [3.05, 3.63) is 129 Å². The largest absolute Gasteiger partial charge is 0.322 e. The van der Waals surface area contributed by atoms with Gasteiger partial charge in [0.25, 0.3) is 11.8 Å². The van der Waals surface area contributed by atoms with E-state index in [9.17, 15) is 9.59 Å². The standard InChI is InChI=1S/C29H22Cl2N2O2/c30-25-10-5-9-24(27(25)31)28(34)32-23-16-14-21(15-17-23)29(35)33-18-22-8-2-1-6-19(22)12-13-20-7-3-4-11-26(20)33/h1-11,14-17H,12-13,18H2,(H,32,34). The Hall–Kier alpha value is -3.60. The first-order valence-corrected chi connectivity index (χ1v) is 12.1. The smallest absolute Gasteiger partial charge is 0.258 e. The highest BCUT2D eigenvalue weighted by Gasteiger charge is 2.23. The highest BCUT2D eigenvalue weighted by atomic mass is 35.5. The Morgan fingerprint density at radius 3 is 2.14 bits per heavy atom. The molecule has 0 unspecified atom stereocenters. The molecule has 174 valence electrons. The number of amides is 2. The second kappa shape index (κ2) is 9.95. The second-order valence-electron chi connectivity index (χ2n) is 8.42. The van der Waals surface area contributed by atoms with E-state index >= 15 is 0 Å². The molecule has 1 aliphatic heterocycles. The van der Waals surface area contributed by atoms with E-state index in [1.54, 1.807) is 42.5 Å². The van der Waals surface area contributed by atoms with E-state index in [1.165, 1.54) is 5.56 Å². The molecule has 2 amide bonds.